The average molecular weight is 271 g/mol. The minimum Gasteiger partial charge on any atom is -0.356 e. The van der Waals surface area contributed by atoms with E-state index in [1.54, 1.807) is 12.3 Å². The van der Waals surface area contributed by atoms with Crippen molar-refractivity contribution in [1.82, 2.24) is 10.3 Å². The minimum absolute atomic E-state index is 0.0961. The number of carbonyl (C=O) groups excluding carboxylic acids is 1. The molecule has 0 atom stereocenters. The quantitative estimate of drug-likeness (QED) is 0.855. The zero-order valence-electron chi connectivity index (χ0n) is 11.8. The van der Waals surface area contributed by atoms with Crippen molar-refractivity contribution in [2.45, 2.75) is 25.7 Å². The first-order chi connectivity index (χ1) is 9.72. The van der Waals surface area contributed by atoms with E-state index in [2.05, 4.69) is 21.8 Å². The third-order valence-corrected chi connectivity index (χ3v) is 4.36. The van der Waals surface area contributed by atoms with E-state index in [1.807, 2.05) is 12.1 Å². The smallest absolute Gasteiger partial charge is 0.253 e. The first kappa shape index (κ1) is 13.2. The predicted molar refractivity (Wildman–Crippen MR) is 79.9 cm³/mol. The molecule has 1 saturated heterocycles. The van der Waals surface area contributed by atoms with Gasteiger partial charge in [0.15, 0.2) is 0 Å². The highest BCUT2D eigenvalue weighted by Gasteiger charge is 2.45. The number of anilines is 1. The lowest BCUT2D eigenvalue weighted by molar-refractivity contribution is 0.0957. The second-order valence-electron chi connectivity index (χ2n) is 5.93. The Kier molecular flexibility index (Phi) is 3.47. The first-order valence-corrected chi connectivity index (χ1v) is 7.33. The Morgan fingerprint density at radius 3 is 2.95 bits per heavy atom. The van der Waals surface area contributed by atoms with Crippen LogP contribution < -0.4 is 10.2 Å². The summed E-state index contributed by atoms with van der Waals surface area (Å²) in [7, 11) is 0. The fourth-order valence-electron chi connectivity index (χ4n) is 2.96. The fraction of sp³-hybridized carbons (Fsp3) is 0.500. The Bertz CT molecular complexity index is 505. The second-order valence-corrected chi connectivity index (χ2v) is 5.93. The third kappa shape index (κ3) is 2.69. The summed E-state index contributed by atoms with van der Waals surface area (Å²) in [5.74, 6) is 0.900. The van der Waals surface area contributed by atoms with Crippen molar-refractivity contribution >= 4 is 11.7 Å². The van der Waals surface area contributed by atoms with Crippen molar-refractivity contribution in [3.8, 4) is 0 Å². The van der Waals surface area contributed by atoms with E-state index in [1.165, 1.54) is 25.7 Å². The number of amides is 1. The molecule has 0 unspecified atom stereocenters. The van der Waals surface area contributed by atoms with Crippen LogP contribution >= 0.6 is 0 Å². The van der Waals surface area contributed by atoms with Crippen molar-refractivity contribution in [3.05, 3.63) is 36.5 Å². The summed E-state index contributed by atoms with van der Waals surface area (Å²) in [5.41, 5.74) is 1.19. The van der Waals surface area contributed by atoms with Crippen LogP contribution in [0.3, 0.4) is 0 Å². The third-order valence-electron chi connectivity index (χ3n) is 4.36. The van der Waals surface area contributed by atoms with Crippen molar-refractivity contribution in [2.75, 3.05) is 24.5 Å². The van der Waals surface area contributed by atoms with Crippen molar-refractivity contribution < 1.29 is 4.79 Å². The van der Waals surface area contributed by atoms with Gasteiger partial charge in [0.25, 0.3) is 5.91 Å². The van der Waals surface area contributed by atoms with E-state index in [0.717, 1.165) is 18.9 Å². The molecule has 0 radical (unpaired) electrons. The molecule has 1 aliphatic carbocycles. The van der Waals surface area contributed by atoms with Gasteiger partial charge in [0.2, 0.25) is 0 Å². The molecule has 1 saturated carbocycles. The lowest BCUT2D eigenvalue weighted by Crippen LogP contribution is -2.37. The van der Waals surface area contributed by atoms with Crippen molar-refractivity contribution in [3.63, 3.8) is 0 Å². The Labute approximate surface area is 119 Å². The molecular formula is C16H21N3O. The van der Waals surface area contributed by atoms with Crippen LogP contribution in [-0.4, -0.2) is 30.5 Å². The van der Waals surface area contributed by atoms with Crippen LogP contribution in [0.4, 0.5) is 5.82 Å². The predicted octanol–water partition coefficient (Wildman–Crippen LogP) is 2.38. The average Bonchev–Trinajstić information content (AvgIpc) is 3.23. The molecule has 20 heavy (non-hydrogen) atoms. The largest absolute Gasteiger partial charge is 0.356 e. The van der Waals surface area contributed by atoms with Crippen LogP contribution in [0.15, 0.2) is 31.0 Å². The van der Waals surface area contributed by atoms with Crippen molar-refractivity contribution in [1.29, 1.82) is 0 Å². The van der Waals surface area contributed by atoms with Gasteiger partial charge in [-0.2, -0.15) is 0 Å². The fourth-order valence-corrected chi connectivity index (χ4v) is 2.96. The summed E-state index contributed by atoms with van der Waals surface area (Å²) in [6.45, 7) is 6.27. The molecule has 2 aliphatic rings. The zero-order valence-corrected chi connectivity index (χ0v) is 11.8. The van der Waals surface area contributed by atoms with E-state index in [0.29, 0.717) is 17.5 Å². The van der Waals surface area contributed by atoms with Gasteiger partial charge in [0.05, 0.1) is 5.56 Å². The Hall–Kier alpha value is -1.84. The van der Waals surface area contributed by atoms with Gasteiger partial charge in [-0.3, -0.25) is 4.79 Å². The molecule has 1 aliphatic heterocycles. The SMILES string of the molecule is C=CCNC(=O)c1ccc(N2CCCC3(CC3)C2)nc1. The van der Waals surface area contributed by atoms with Gasteiger partial charge in [-0.05, 0) is 43.2 Å². The molecule has 0 aromatic carbocycles. The van der Waals surface area contributed by atoms with Crippen LogP contribution in [0.5, 0.6) is 0 Å². The van der Waals surface area contributed by atoms with Gasteiger partial charge in [-0.25, -0.2) is 4.98 Å². The molecule has 1 aromatic heterocycles. The van der Waals surface area contributed by atoms with E-state index >= 15 is 0 Å². The van der Waals surface area contributed by atoms with Gasteiger partial charge in [0, 0.05) is 25.8 Å². The van der Waals surface area contributed by atoms with E-state index in [9.17, 15) is 4.79 Å². The van der Waals surface area contributed by atoms with E-state index in [4.69, 9.17) is 0 Å². The second kappa shape index (κ2) is 5.27. The zero-order chi connectivity index (χ0) is 14.0. The number of carbonyl (C=O) groups is 1. The molecule has 1 N–H and O–H groups in total. The molecule has 3 rings (SSSR count). The van der Waals surface area contributed by atoms with E-state index in [-0.39, 0.29) is 5.91 Å². The molecule has 2 heterocycles. The van der Waals surface area contributed by atoms with Crippen LogP contribution in [0.1, 0.15) is 36.0 Å². The number of aromatic nitrogens is 1. The van der Waals surface area contributed by atoms with Crippen molar-refractivity contribution in [2.24, 2.45) is 5.41 Å². The number of rotatable bonds is 4. The van der Waals surface area contributed by atoms with Crippen LogP contribution in [0.25, 0.3) is 0 Å². The highest BCUT2D eigenvalue weighted by molar-refractivity contribution is 5.94. The van der Waals surface area contributed by atoms with E-state index < -0.39 is 0 Å². The number of pyridine rings is 1. The highest BCUT2D eigenvalue weighted by atomic mass is 16.1. The summed E-state index contributed by atoms with van der Waals surface area (Å²) in [5, 5.41) is 2.76. The lowest BCUT2D eigenvalue weighted by Gasteiger charge is -2.33. The highest BCUT2D eigenvalue weighted by Crippen LogP contribution is 2.52. The Morgan fingerprint density at radius 1 is 1.45 bits per heavy atom. The summed E-state index contributed by atoms with van der Waals surface area (Å²) in [4.78, 5) is 18.6. The summed E-state index contributed by atoms with van der Waals surface area (Å²) < 4.78 is 0. The molecule has 106 valence electrons. The summed E-state index contributed by atoms with van der Waals surface area (Å²) >= 11 is 0. The number of nitrogens with one attached hydrogen (secondary N) is 1. The summed E-state index contributed by atoms with van der Waals surface area (Å²) in [6.07, 6.45) is 8.69. The Morgan fingerprint density at radius 2 is 2.30 bits per heavy atom. The maximum atomic E-state index is 11.8. The summed E-state index contributed by atoms with van der Waals surface area (Å²) in [6, 6.07) is 3.82. The molecular weight excluding hydrogens is 250 g/mol. The Balaban J connectivity index is 1.66. The molecule has 1 aromatic rings. The topological polar surface area (TPSA) is 45.2 Å². The molecule has 1 amide bonds. The standard InChI is InChI=1S/C16H21N3O/c1-2-9-17-15(20)13-4-5-14(18-11-13)19-10-3-6-16(12-19)7-8-16/h2,4-5,11H,1,3,6-10,12H2,(H,17,20). The lowest BCUT2D eigenvalue weighted by atomic mass is 9.95. The van der Waals surface area contributed by atoms with Crippen LogP contribution in [-0.2, 0) is 0 Å². The van der Waals surface area contributed by atoms with Gasteiger partial charge in [-0.15, -0.1) is 6.58 Å². The molecule has 0 bridgehead atoms. The van der Waals surface area contributed by atoms with Gasteiger partial charge in [0.1, 0.15) is 5.82 Å². The van der Waals surface area contributed by atoms with Gasteiger partial charge < -0.3 is 10.2 Å². The van der Waals surface area contributed by atoms with Gasteiger partial charge >= 0.3 is 0 Å². The van der Waals surface area contributed by atoms with Crippen LogP contribution in [0, 0.1) is 5.41 Å². The van der Waals surface area contributed by atoms with Crippen LogP contribution in [0.2, 0.25) is 0 Å². The molecule has 2 fully saturated rings. The minimum atomic E-state index is -0.0961. The number of hydrogen-bond donors (Lipinski definition) is 1. The number of hydrogen-bond acceptors (Lipinski definition) is 3. The maximum Gasteiger partial charge on any atom is 0.253 e. The number of piperidine rings is 1. The molecule has 4 nitrogen and oxygen atoms in total. The molecule has 1 spiro atoms. The monoisotopic (exact) mass is 271 g/mol. The first-order valence-electron chi connectivity index (χ1n) is 7.33. The maximum absolute atomic E-state index is 11.8. The molecule has 4 heteroatoms. The number of nitrogens with zero attached hydrogens (tertiary/aromatic N) is 2. The van der Waals surface area contributed by atoms with Gasteiger partial charge in [-0.1, -0.05) is 6.08 Å². The normalized spacial score (nSPS) is 19.7.